The van der Waals surface area contributed by atoms with Gasteiger partial charge in [0, 0.05) is 17.7 Å². The van der Waals surface area contributed by atoms with Crippen LogP contribution in [0.5, 0.6) is 0 Å². The normalized spacial score (nSPS) is 16.0. The van der Waals surface area contributed by atoms with Gasteiger partial charge in [-0.3, -0.25) is 0 Å². The lowest BCUT2D eigenvalue weighted by Crippen LogP contribution is -1.96. The van der Waals surface area contributed by atoms with E-state index < -0.39 is 0 Å². The molecule has 0 spiro atoms. The van der Waals surface area contributed by atoms with Crippen LogP contribution in [0.1, 0.15) is 23.5 Å². The number of nitrogens with zero attached hydrogens (tertiary/aromatic N) is 1. The van der Waals surface area contributed by atoms with Crippen molar-refractivity contribution in [3.05, 3.63) is 114 Å². The van der Waals surface area contributed by atoms with Crippen LogP contribution in [0.4, 0.5) is 0 Å². The zero-order chi connectivity index (χ0) is 18.9. The third kappa shape index (κ3) is 2.90. The SMILES string of the molecule is Cc1ccc(-c2cccc3c(-c4ccccc4)c(C4C=CC=CC4)cn23)cc1. The number of hydrogen-bond donors (Lipinski definition) is 0. The molecule has 136 valence electrons. The average Bonchev–Trinajstić information content (AvgIpc) is 3.15. The minimum Gasteiger partial charge on any atom is -0.316 e. The number of allylic oxidation sites excluding steroid dienone is 4. The molecule has 0 bridgehead atoms. The fourth-order valence-electron chi connectivity index (χ4n) is 4.19. The molecular weight excluding hydrogens is 338 g/mol. The van der Waals surface area contributed by atoms with E-state index in [1.54, 1.807) is 0 Å². The predicted octanol–water partition coefficient (Wildman–Crippen LogP) is 7.18. The Morgan fingerprint density at radius 2 is 1.61 bits per heavy atom. The summed E-state index contributed by atoms with van der Waals surface area (Å²) in [6, 6.07) is 26.2. The second-order valence-electron chi connectivity index (χ2n) is 7.51. The first-order valence-corrected chi connectivity index (χ1v) is 9.91. The molecule has 0 radical (unpaired) electrons. The van der Waals surface area contributed by atoms with Gasteiger partial charge in [0.15, 0.2) is 0 Å². The Morgan fingerprint density at radius 1 is 0.786 bits per heavy atom. The molecule has 2 aromatic carbocycles. The van der Waals surface area contributed by atoms with E-state index in [1.807, 2.05) is 0 Å². The Labute approximate surface area is 166 Å². The summed E-state index contributed by atoms with van der Waals surface area (Å²) in [5.41, 5.74) is 9.05. The summed E-state index contributed by atoms with van der Waals surface area (Å²) >= 11 is 0. The van der Waals surface area contributed by atoms with Gasteiger partial charge in [-0.25, -0.2) is 0 Å². The van der Waals surface area contributed by atoms with Crippen molar-refractivity contribution in [3.63, 3.8) is 0 Å². The molecule has 1 nitrogen and oxygen atoms in total. The second-order valence-corrected chi connectivity index (χ2v) is 7.51. The second kappa shape index (κ2) is 7.01. The highest BCUT2D eigenvalue weighted by Gasteiger charge is 2.20. The summed E-state index contributed by atoms with van der Waals surface area (Å²) in [7, 11) is 0. The van der Waals surface area contributed by atoms with Gasteiger partial charge in [-0.15, -0.1) is 0 Å². The van der Waals surface area contributed by atoms with Gasteiger partial charge >= 0.3 is 0 Å². The average molecular weight is 361 g/mol. The fraction of sp³-hybridized carbons (Fsp3) is 0.111. The van der Waals surface area contributed by atoms with Crippen LogP contribution in [0.2, 0.25) is 0 Å². The number of benzene rings is 2. The lowest BCUT2D eigenvalue weighted by Gasteiger charge is -2.14. The Hall–Kier alpha value is -3.32. The molecule has 4 aromatic rings. The number of rotatable bonds is 3. The molecule has 1 atom stereocenters. The van der Waals surface area contributed by atoms with Gasteiger partial charge in [-0.1, -0.05) is 90.5 Å². The molecule has 0 amide bonds. The molecule has 1 unspecified atom stereocenters. The Kier molecular flexibility index (Phi) is 4.21. The summed E-state index contributed by atoms with van der Waals surface area (Å²) in [5, 5.41) is 0. The molecule has 0 saturated carbocycles. The van der Waals surface area contributed by atoms with Gasteiger partial charge < -0.3 is 4.40 Å². The first kappa shape index (κ1) is 16.8. The number of fused-ring (bicyclic) bond motifs is 1. The van der Waals surface area contributed by atoms with E-state index in [0.29, 0.717) is 5.92 Å². The smallest absolute Gasteiger partial charge is 0.0537 e. The summed E-state index contributed by atoms with van der Waals surface area (Å²) in [6.45, 7) is 2.13. The lowest BCUT2D eigenvalue weighted by molar-refractivity contribution is 0.855. The standard InChI is InChI=1S/C27H23N/c1-20-15-17-22(18-16-20)25-13-8-14-26-27(23-11-6-3-7-12-23)24(19-28(25)26)21-9-4-2-5-10-21/h2-9,11-19,21H,10H2,1H3. The molecule has 0 fully saturated rings. The van der Waals surface area contributed by atoms with Crippen LogP contribution < -0.4 is 0 Å². The van der Waals surface area contributed by atoms with E-state index in [9.17, 15) is 0 Å². The van der Waals surface area contributed by atoms with Gasteiger partial charge in [0.2, 0.25) is 0 Å². The summed E-state index contributed by atoms with van der Waals surface area (Å²) < 4.78 is 2.37. The van der Waals surface area contributed by atoms with Crippen molar-refractivity contribution in [1.29, 1.82) is 0 Å². The molecule has 0 N–H and O–H groups in total. The van der Waals surface area contributed by atoms with E-state index in [0.717, 1.165) is 6.42 Å². The van der Waals surface area contributed by atoms with Crippen molar-refractivity contribution < 1.29 is 0 Å². The van der Waals surface area contributed by atoms with Crippen LogP contribution >= 0.6 is 0 Å². The van der Waals surface area contributed by atoms with Crippen LogP contribution in [-0.2, 0) is 0 Å². The van der Waals surface area contributed by atoms with E-state index >= 15 is 0 Å². The Morgan fingerprint density at radius 3 is 2.36 bits per heavy atom. The third-order valence-corrected chi connectivity index (χ3v) is 5.63. The molecule has 28 heavy (non-hydrogen) atoms. The molecule has 1 aliphatic carbocycles. The molecule has 2 heterocycles. The van der Waals surface area contributed by atoms with Gasteiger partial charge in [-0.2, -0.15) is 0 Å². The van der Waals surface area contributed by atoms with Gasteiger partial charge in [0.25, 0.3) is 0 Å². The topological polar surface area (TPSA) is 4.41 Å². The van der Waals surface area contributed by atoms with Crippen LogP contribution in [-0.4, -0.2) is 4.40 Å². The molecule has 1 heteroatoms. The quantitative estimate of drug-likeness (QED) is 0.364. The summed E-state index contributed by atoms with van der Waals surface area (Å²) in [5.74, 6) is 0.408. The zero-order valence-electron chi connectivity index (χ0n) is 16.0. The van der Waals surface area contributed by atoms with E-state index in [4.69, 9.17) is 0 Å². The van der Waals surface area contributed by atoms with Crippen molar-refractivity contribution in [2.75, 3.05) is 0 Å². The third-order valence-electron chi connectivity index (χ3n) is 5.63. The van der Waals surface area contributed by atoms with E-state index in [2.05, 4.69) is 115 Å². The number of aryl methyl sites for hydroxylation is 1. The molecule has 0 aliphatic heterocycles. The number of pyridine rings is 1. The van der Waals surface area contributed by atoms with Crippen molar-refractivity contribution in [2.24, 2.45) is 0 Å². The highest BCUT2D eigenvalue weighted by molar-refractivity contribution is 5.87. The largest absolute Gasteiger partial charge is 0.316 e. The van der Waals surface area contributed by atoms with Crippen LogP contribution in [0, 0.1) is 6.92 Å². The highest BCUT2D eigenvalue weighted by Crippen LogP contribution is 2.39. The number of hydrogen-bond acceptors (Lipinski definition) is 0. The molecule has 5 rings (SSSR count). The van der Waals surface area contributed by atoms with Crippen molar-refractivity contribution >= 4 is 5.52 Å². The maximum atomic E-state index is 2.37. The minimum atomic E-state index is 0.408. The minimum absolute atomic E-state index is 0.408. The molecular formula is C27H23N. The maximum absolute atomic E-state index is 2.37. The van der Waals surface area contributed by atoms with E-state index in [1.165, 1.54) is 39.0 Å². The van der Waals surface area contributed by atoms with E-state index in [-0.39, 0.29) is 0 Å². The molecule has 1 aliphatic rings. The van der Waals surface area contributed by atoms with Crippen LogP contribution in [0.15, 0.2) is 103 Å². The van der Waals surface area contributed by atoms with Crippen molar-refractivity contribution in [1.82, 2.24) is 4.40 Å². The van der Waals surface area contributed by atoms with Crippen molar-refractivity contribution in [2.45, 2.75) is 19.3 Å². The monoisotopic (exact) mass is 361 g/mol. The Bertz CT molecular complexity index is 1170. The van der Waals surface area contributed by atoms with Crippen molar-refractivity contribution in [3.8, 4) is 22.4 Å². The zero-order valence-corrected chi connectivity index (χ0v) is 16.0. The summed E-state index contributed by atoms with van der Waals surface area (Å²) in [4.78, 5) is 0. The van der Waals surface area contributed by atoms with Gasteiger partial charge in [0.1, 0.15) is 0 Å². The molecule has 2 aromatic heterocycles. The first-order chi connectivity index (χ1) is 13.8. The van der Waals surface area contributed by atoms with Crippen LogP contribution in [0.3, 0.4) is 0 Å². The van der Waals surface area contributed by atoms with Gasteiger partial charge in [-0.05, 0) is 42.2 Å². The predicted molar refractivity (Wildman–Crippen MR) is 119 cm³/mol. The van der Waals surface area contributed by atoms with Crippen LogP contribution in [0.25, 0.3) is 27.9 Å². The lowest BCUT2D eigenvalue weighted by atomic mass is 9.89. The first-order valence-electron chi connectivity index (χ1n) is 9.91. The maximum Gasteiger partial charge on any atom is 0.0537 e. The Balaban J connectivity index is 1.78. The fourth-order valence-corrected chi connectivity index (χ4v) is 4.19. The highest BCUT2D eigenvalue weighted by atomic mass is 14.9. The summed E-state index contributed by atoms with van der Waals surface area (Å²) in [6.07, 6.45) is 12.3. The molecule has 0 saturated heterocycles. The van der Waals surface area contributed by atoms with Gasteiger partial charge in [0.05, 0.1) is 11.2 Å². The number of aromatic nitrogens is 1.